The van der Waals surface area contributed by atoms with Crippen LogP contribution in [0, 0.1) is 0 Å². The predicted molar refractivity (Wildman–Crippen MR) is 57.8 cm³/mol. The highest BCUT2D eigenvalue weighted by atomic mass is 16.4. The molecule has 0 unspecified atom stereocenters. The summed E-state index contributed by atoms with van der Waals surface area (Å²) < 4.78 is 0. The largest absolute Gasteiger partial charge is 0.481 e. The molecule has 0 aromatic rings. The van der Waals surface area contributed by atoms with E-state index in [1.807, 2.05) is 0 Å². The minimum Gasteiger partial charge on any atom is -0.481 e. The number of carbonyl (C=O) groups is 2. The molecule has 0 heterocycles. The van der Waals surface area contributed by atoms with Gasteiger partial charge in [0.1, 0.15) is 6.04 Å². The Morgan fingerprint density at radius 3 is 1.94 bits per heavy atom. The molecule has 0 fully saturated rings. The Kier molecular flexibility index (Phi) is 11.1. The van der Waals surface area contributed by atoms with E-state index in [4.69, 9.17) is 26.8 Å². The summed E-state index contributed by atoms with van der Waals surface area (Å²) in [7, 11) is 0. The van der Waals surface area contributed by atoms with E-state index in [9.17, 15) is 9.59 Å². The maximum absolute atomic E-state index is 10.2. The van der Waals surface area contributed by atoms with E-state index in [2.05, 4.69) is 0 Å². The first-order valence-corrected chi connectivity index (χ1v) is 4.93. The molecule has 2 atom stereocenters. The van der Waals surface area contributed by atoms with E-state index in [-0.39, 0.29) is 19.4 Å². The number of aliphatic hydroxyl groups excluding tert-OH is 1. The highest BCUT2D eigenvalue weighted by molar-refractivity contribution is 5.72. The van der Waals surface area contributed by atoms with Crippen LogP contribution in [0.15, 0.2) is 0 Å². The molecule has 7 nitrogen and oxygen atoms in total. The lowest BCUT2D eigenvalue weighted by atomic mass is 10.1. The summed E-state index contributed by atoms with van der Waals surface area (Å²) in [4.78, 5) is 19.5. The third kappa shape index (κ3) is 12.8. The Balaban J connectivity index is 0. The van der Waals surface area contributed by atoms with Crippen LogP contribution in [0.2, 0.25) is 0 Å². The van der Waals surface area contributed by atoms with Gasteiger partial charge in [-0.05, 0) is 12.8 Å². The van der Waals surface area contributed by atoms with E-state index >= 15 is 0 Å². The number of carboxylic acids is 2. The molecule has 7 heteroatoms. The number of rotatable bonds is 6. The lowest BCUT2D eigenvalue weighted by molar-refractivity contribution is -0.139. The summed E-state index contributed by atoms with van der Waals surface area (Å²) in [5.74, 6) is -1.79. The minimum absolute atomic E-state index is 0.145. The molecule has 0 radical (unpaired) electrons. The molecule has 0 amide bonds. The molecular weight excluding hydrogens is 216 g/mol. The molecular formula is C9H20N2O5. The van der Waals surface area contributed by atoms with Crippen LogP contribution in [0.5, 0.6) is 0 Å². The summed E-state index contributed by atoms with van der Waals surface area (Å²) in [6.07, 6.45) is 0.179. The van der Waals surface area contributed by atoms with Crippen molar-refractivity contribution in [3.05, 3.63) is 0 Å². The van der Waals surface area contributed by atoms with Gasteiger partial charge in [-0.25, -0.2) is 0 Å². The Labute approximate surface area is 94.1 Å². The summed E-state index contributed by atoms with van der Waals surface area (Å²) in [5.41, 5.74) is 10.3. The molecule has 0 aliphatic heterocycles. The fraction of sp³-hybridized carbons (Fsp3) is 0.778. The number of nitrogens with two attached hydrogens (primary N) is 2. The lowest BCUT2D eigenvalue weighted by Gasteiger charge is -2.09. The molecule has 0 bridgehead atoms. The quantitative estimate of drug-likeness (QED) is 0.396. The van der Waals surface area contributed by atoms with Crippen LogP contribution >= 0.6 is 0 Å². The molecule has 96 valence electrons. The van der Waals surface area contributed by atoms with Gasteiger partial charge in [0.2, 0.25) is 0 Å². The average Bonchev–Trinajstić information content (AvgIpc) is 2.25. The van der Waals surface area contributed by atoms with Gasteiger partial charge in [-0.1, -0.05) is 6.92 Å². The zero-order valence-corrected chi connectivity index (χ0v) is 9.30. The van der Waals surface area contributed by atoms with E-state index in [1.54, 1.807) is 6.92 Å². The van der Waals surface area contributed by atoms with E-state index in [1.165, 1.54) is 0 Å². The molecule has 0 aromatic carbocycles. The summed E-state index contributed by atoms with van der Waals surface area (Å²) in [6, 6.07) is -0.892. The van der Waals surface area contributed by atoms with Crippen LogP contribution in [-0.2, 0) is 9.59 Å². The summed E-state index contributed by atoms with van der Waals surface area (Å²) in [5, 5.41) is 25.0. The van der Waals surface area contributed by atoms with E-state index in [0.29, 0.717) is 6.42 Å². The zero-order chi connectivity index (χ0) is 13.1. The van der Waals surface area contributed by atoms with Crippen molar-refractivity contribution in [1.82, 2.24) is 0 Å². The highest BCUT2D eigenvalue weighted by Crippen LogP contribution is 1.98. The van der Waals surface area contributed by atoms with Crippen molar-refractivity contribution in [2.24, 2.45) is 11.5 Å². The summed E-state index contributed by atoms with van der Waals surface area (Å²) >= 11 is 0. The van der Waals surface area contributed by atoms with Crippen molar-refractivity contribution in [3.63, 3.8) is 0 Å². The molecule has 0 aromatic heterocycles. The first kappa shape index (κ1) is 17.2. The minimum atomic E-state index is -1.05. The van der Waals surface area contributed by atoms with Crippen LogP contribution in [0.4, 0.5) is 0 Å². The number of aliphatic hydroxyl groups is 1. The number of hydrogen-bond acceptors (Lipinski definition) is 5. The van der Waals surface area contributed by atoms with Crippen molar-refractivity contribution in [2.75, 3.05) is 6.54 Å². The topological polar surface area (TPSA) is 147 Å². The number of aliphatic carboxylic acids is 2. The molecule has 0 aliphatic carbocycles. The molecule has 16 heavy (non-hydrogen) atoms. The maximum atomic E-state index is 10.2. The average molecular weight is 236 g/mol. The van der Waals surface area contributed by atoms with Crippen LogP contribution in [0.1, 0.15) is 26.2 Å². The van der Waals surface area contributed by atoms with Crippen molar-refractivity contribution in [1.29, 1.82) is 0 Å². The predicted octanol–water partition coefficient (Wildman–Crippen LogP) is -1.02. The monoisotopic (exact) mass is 236 g/mol. The SMILES string of the molecule is CCC(=O)O.NC[C@H](O)CC[C@H](N)C(=O)O. The van der Waals surface area contributed by atoms with Crippen molar-refractivity contribution >= 4 is 11.9 Å². The summed E-state index contributed by atoms with van der Waals surface area (Å²) in [6.45, 7) is 1.74. The van der Waals surface area contributed by atoms with Crippen LogP contribution in [-0.4, -0.2) is 45.9 Å². The fourth-order valence-electron chi connectivity index (χ4n) is 0.613. The number of hydrogen-bond donors (Lipinski definition) is 5. The van der Waals surface area contributed by atoms with Crippen LogP contribution < -0.4 is 11.5 Å². The Hall–Kier alpha value is -1.18. The molecule has 0 spiro atoms. The van der Waals surface area contributed by atoms with Gasteiger partial charge in [0, 0.05) is 13.0 Å². The van der Waals surface area contributed by atoms with Gasteiger partial charge in [0.25, 0.3) is 0 Å². The molecule has 0 saturated carbocycles. The van der Waals surface area contributed by atoms with E-state index in [0.717, 1.165) is 0 Å². The maximum Gasteiger partial charge on any atom is 0.320 e. The second-order valence-electron chi connectivity index (χ2n) is 3.16. The second-order valence-corrected chi connectivity index (χ2v) is 3.16. The molecule has 0 rings (SSSR count). The van der Waals surface area contributed by atoms with Gasteiger partial charge in [-0.15, -0.1) is 0 Å². The second kappa shape index (κ2) is 10.3. The first-order chi connectivity index (χ1) is 7.34. The van der Waals surface area contributed by atoms with Gasteiger partial charge >= 0.3 is 11.9 Å². The van der Waals surface area contributed by atoms with Crippen LogP contribution in [0.3, 0.4) is 0 Å². The first-order valence-electron chi connectivity index (χ1n) is 4.93. The third-order valence-corrected chi connectivity index (χ3v) is 1.70. The highest BCUT2D eigenvalue weighted by Gasteiger charge is 2.12. The Bertz CT molecular complexity index is 210. The van der Waals surface area contributed by atoms with Crippen LogP contribution in [0.25, 0.3) is 0 Å². The zero-order valence-electron chi connectivity index (χ0n) is 9.30. The molecule has 0 saturated heterocycles. The lowest BCUT2D eigenvalue weighted by Crippen LogP contribution is -2.32. The van der Waals surface area contributed by atoms with Crippen molar-refractivity contribution in [3.8, 4) is 0 Å². The Morgan fingerprint density at radius 2 is 1.69 bits per heavy atom. The molecule has 7 N–H and O–H groups in total. The van der Waals surface area contributed by atoms with Gasteiger partial charge in [-0.2, -0.15) is 0 Å². The van der Waals surface area contributed by atoms with Gasteiger partial charge in [0.15, 0.2) is 0 Å². The van der Waals surface area contributed by atoms with Gasteiger partial charge < -0.3 is 26.8 Å². The fourth-order valence-corrected chi connectivity index (χ4v) is 0.613. The standard InChI is InChI=1S/C6H14N2O3.C3H6O2/c7-3-4(9)1-2-5(8)6(10)11;1-2-3(4)5/h4-5,9H,1-3,7-8H2,(H,10,11);2H2,1H3,(H,4,5)/t4-,5+;/m1./s1. The van der Waals surface area contributed by atoms with E-state index < -0.39 is 24.1 Å². The van der Waals surface area contributed by atoms with Gasteiger partial charge in [0.05, 0.1) is 6.10 Å². The van der Waals surface area contributed by atoms with Crippen molar-refractivity contribution < 1.29 is 24.9 Å². The Morgan fingerprint density at radius 1 is 1.25 bits per heavy atom. The normalized spacial score (nSPS) is 13.2. The third-order valence-electron chi connectivity index (χ3n) is 1.70. The van der Waals surface area contributed by atoms with Crippen molar-refractivity contribution in [2.45, 2.75) is 38.3 Å². The number of carboxylic acid groups (broad SMARTS) is 2. The molecule has 0 aliphatic rings. The van der Waals surface area contributed by atoms with Gasteiger partial charge in [-0.3, -0.25) is 9.59 Å². The smallest absolute Gasteiger partial charge is 0.320 e.